The van der Waals surface area contributed by atoms with Crippen LogP contribution in [0.3, 0.4) is 0 Å². The normalized spacial score (nSPS) is 10.3. The van der Waals surface area contributed by atoms with E-state index in [1.807, 2.05) is 24.3 Å². The second-order valence-corrected chi connectivity index (χ2v) is 4.08. The van der Waals surface area contributed by atoms with Gasteiger partial charge in [0.25, 0.3) is 0 Å². The van der Waals surface area contributed by atoms with E-state index in [2.05, 4.69) is 21.0 Å². The quantitative estimate of drug-likeness (QED) is 0.710. The van der Waals surface area contributed by atoms with Crippen LogP contribution in [0.1, 0.15) is 9.80 Å². The van der Waals surface area contributed by atoms with E-state index in [-0.39, 0.29) is 4.68 Å². The van der Waals surface area contributed by atoms with Crippen molar-refractivity contribution >= 4 is 42.2 Å². The van der Waals surface area contributed by atoms with E-state index in [4.69, 9.17) is 0 Å². The molecule has 0 saturated heterocycles. The van der Waals surface area contributed by atoms with E-state index in [9.17, 15) is 4.79 Å². The first-order chi connectivity index (χ1) is 5.77. The molecule has 2 nitrogen and oxygen atoms in total. The molecular formula is C8H4NOSSe-. The van der Waals surface area contributed by atoms with Gasteiger partial charge in [-0.25, -0.2) is 0 Å². The summed E-state index contributed by atoms with van der Waals surface area (Å²) in [5, 5.41) is 0.538. The number of aromatic nitrogens is 1. The van der Waals surface area contributed by atoms with Gasteiger partial charge in [0.2, 0.25) is 0 Å². The minimum atomic E-state index is -0.0869. The summed E-state index contributed by atoms with van der Waals surface area (Å²) in [6.07, 6.45) is 0. The maximum absolute atomic E-state index is 10.9. The molecule has 0 atom stereocenters. The Morgan fingerprint density at radius 3 is 2.83 bits per heavy atom. The molecule has 2 aromatic rings. The Balaban J connectivity index is 2.70. The van der Waals surface area contributed by atoms with Crippen molar-refractivity contribution in [3.63, 3.8) is 0 Å². The van der Waals surface area contributed by atoms with Crippen LogP contribution in [0.5, 0.6) is 0 Å². The van der Waals surface area contributed by atoms with Crippen LogP contribution in [0.25, 0.3) is 10.2 Å². The number of rotatable bonds is 1. The van der Waals surface area contributed by atoms with E-state index in [1.165, 1.54) is 11.3 Å². The third-order valence-electron chi connectivity index (χ3n) is 1.47. The van der Waals surface area contributed by atoms with E-state index in [0.717, 1.165) is 10.2 Å². The van der Waals surface area contributed by atoms with Crippen LogP contribution in [-0.4, -0.2) is 25.7 Å². The zero-order valence-corrected chi connectivity index (χ0v) is 8.51. The van der Waals surface area contributed by atoms with Crippen molar-refractivity contribution in [1.29, 1.82) is 0 Å². The van der Waals surface area contributed by atoms with Crippen molar-refractivity contribution in [3.8, 4) is 0 Å². The molecule has 0 aliphatic rings. The molecule has 0 aliphatic carbocycles. The predicted molar refractivity (Wildman–Crippen MR) is 49.7 cm³/mol. The number of carbonyl (C=O) groups is 1. The van der Waals surface area contributed by atoms with Crippen LogP contribution < -0.4 is 0 Å². The molecule has 12 heavy (non-hydrogen) atoms. The SMILES string of the molecule is O=C([Se-])c1nc2ccccc2s1. The van der Waals surface area contributed by atoms with Crippen LogP contribution in [-0.2, 0) is 0 Å². The molecule has 1 aromatic carbocycles. The summed E-state index contributed by atoms with van der Waals surface area (Å²) in [6.45, 7) is 0. The second kappa shape index (κ2) is 2.98. The first-order valence-electron chi connectivity index (χ1n) is 3.34. The summed E-state index contributed by atoms with van der Waals surface area (Å²) >= 11 is 3.84. The van der Waals surface area contributed by atoms with E-state index in [0.29, 0.717) is 5.01 Å². The molecule has 60 valence electrons. The zero-order valence-electron chi connectivity index (χ0n) is 5.98. The third kappa shape index (κ3) is 1.29. The summed E-state index contributed by atoms with van der Waals surface area (Å²) in [4.78, 5) is 15.1. The van der Waals surface area contributed by atoms with Crippen molar-refractivity contribution in [3.05, 3.63) is 29.3 Å². The molecule has 2 rings (SSSR count). The summed E-state index contributed by atoms with van der Waals surface area (Å²) in [5.74, 6) is 0. The molecule has 0 saturated carbocycles. The fraction of sp³-hybridized carbons (Fsp3) is 0. The average Bonchev–Trinajstić information content (AvgIpc) is 2.46. The van der Waals surface area contributed by atoms with Crippen LogP contribution in [0.4, 0.5) is 0 Å². The summed E-state index contributed by atoms with van der Waals surface area (Å²) in [7, 11) is 0. The van der Waals surface area contributed by atoms with E-state index in [1.54, 1.807) is 0 Å². The number of carbonyl (C=O) groups excluding carboxylic acids is 1. The number of thiazole rings is 1. The standard InChI is InChI=1S/C8H5NOSSe/c10-8(12)7-9-5-3-1-2-4-6(5)11-7/h1-4H,(H,10,12)/p-1. The van der Waals surface area contributed by atoms with Crippen molar-refractivity contribution in [2.75, 3.05) is 0 Å². The van der Waals surface area contributed by atoms with Crippen molar-refractivity contribution in [1.82, 2.24) is 4.98 Å². The molecule has 4 heteroatoms. The van der Waals surface area contributed by atoms with E-state index < -0.39 is 0 Å². The average molecular weight is 241 g/mol. The van der Waals surface area contributed by atoms with Crippen molar-refractivity contribution < 1.29 is 4.79 Å². The van der Waals surface area contributed by atoms with Gasteiger partial charge in [-0.2, -0.15) is 0 Å². The molecule has 0 fully saturated rings. The molecule has 1 aromatic heterocycles. The number of benzene rings is 1. The van der Waals surface area contributed by atoms with Gasteiger partial charge in [0.1, 0.15) is 0 Å². The van der Waals surface area contributed by atoms with Crippen LogP contribution in [0.15, 0.2) is 24.3 Å². The molecule has 0 bridgehead atoms. The molecule has 0 spiro atoms. The number of fused-ring (bicyclic) bond motifs is 1. The summed E-state index contributed by atoms with van der Waals surface area (Å²) in [6, 6.07) is 7.71. The van der Waals surface area contributed by atoms with Gasteiger partial charge in [0, 0.05) is 0 Å². The number of nitrogens with zero attached hydrogens (tertiary/aromatic N) is 1. The Morgan fingerprint density at radius 2 is 2.17 bits per heavy atom. The molecule has 1 heterocycles. The number of hydrogen-bond donors (Lipinski definition) is 0. The predicted octanol–water partition coefficient (Wildman–Crippen LogP) is 1.60. The van der Waals surface area contributed by atoms with Gasteiger partial charge in [-0.15, -0.1) is 0 Å². The Morgan fingerprint density at radius 1 is 1.42 bits per heavy atom. The van der Waals surface area contributed by atoms with Gasteiger partial charge in [-0.3, -0.25) is 0 Å². The monoisotopic (exact) mass is 242 g/mol. The first-order valence-corrected chi connectivity index (χ1v) is 5.01. The van der Waals surface area contributed by atoms with Gasteiger partial charge in [-0.05, 0) is 0 Å². The molecule has 0 aliphatic heterocycles. The molecule has 0 unspecified atom stereocenters. The Bertz CT molecular complexity index is 404. The fourth-order valence-electron chi connectivity index (χ4n) is 0.960. The molecule has 0 amide bonds. The van der Waals surface area contributed by atoms with Gasteiger partial charge in [-0.1, -0.05) is 0 Å². The maximum atomic E-state index is 10.9. The zero-order chi connectivity index (χ0) is 8.55. The van der Waals surface area contributed by atoms with Crippen molar-refractivity contribution in [2.24, 2.45) is 0 Å². The van der Waals surface area contributed by atoms with Gasteiger partial charge < -0.3 is 0 Å². The van der Waals surface area contributed by atoms with Crippen LogP contribution in [0.2, 0.25) is 0 Å². The Labute approximate surface area is 81.4 Å². The van der Waals surface area contributed by atoms with Gasteiger partial charge in [0.15, 0.2) is 0 Å². The number of hydrogen-bond acceptors (Lipinski definition) is 3. The van der Waals surface area contributed by atoms with Crippen LogP contribution >= 0.6 is 11.3 Å². The summed E-state index contributed by atoms with van der Waals surface area (Å²) in [5.41, 5.74) is 0.890. The third-order valence-corrected chi connectivity index (χ3v) is 3.20. The van der Waals surface area contributed by atoms with E-state index >= 15 is 0 Å². The Kier molecular flexibility index (Phi) is 1.97. The Hall–Kier alpha value is -0.701. The van der Waals surface area contributed by atoms with Gasteiger partial charge >= 0.3 is 81.3 Å². The summed E-state index contributed by atoms with van der Waals surface area (Å²) < 4.78 is 0.965. The van der Waals surface area contributed by atoms with Crippen molar-refractivity contribution in [2.45, 2.75) is 0 Å². The molecular weight excluding hydrogens is 237 g/mol. The minimum absolute atomic E-state index is 0.0869. The van der Waals surface area contributed by atoms with Crippen LogP contribution in [0, 0.1) is 0 Å². The number of para-hydroxylation sites is 1. The second-order valence-electron chi connectivity index (χ2n) is 2.27. The fourth-order valence-corrected chi connectivity index (χ4v) is 2.12. The molecule has 0 radical (unpaired) electrons. The first kappa shape index (κ1) is 7.92. The van der Waals surface area contributed by atoms with Gasteiger partial charge in [0.05, 0.1) is 0 Å². The topological polar surface area (TPSA) is 30.0 Å². The molecule has 0 N–H and O–H groups in total.